The maximum atomic E-state index is 6.23. The van der Waals surface area contributed by atoms with Crippen molar-refractivity contribution in [3.05, 3.63) is 37.4 Å². The first-order valence-corrected chi connectivity index (χ1v) is 6.93. The lowest BCUT2D eigenvalue weighted by Crippen LogP contribution is -2.29. The minimum absolute atomic E-state index is 0.0617. The zero-order valence-electron chi connectivity index (χ0n) is 8.74. The van der Waals surface area contributed by atoms with Crippen LogP contribution in [0.1, 0.15) is 21.4 Å². The molecule has 0 amide bonds. The predicted octanol–water partition coefficient (Wildman–Crippen LogP) is 2.91. The lowest BCUT2D eigenvalue weighted by Gasteiger charge is -2.13. The summed E-state index contributed by atoms with van der Waals surface area (Å²) in [5.41, 5.74) is 5.74. The van der Waals surface area contributed by atoms with Crippen molar-refractivity contribution in [1.29, 1.82) is 0 Å². The zero-order chi connectivity index (χ0) is 11.5. The van der Waals surface area contributed by atoms with Crippen molar-refractivity contribution >= 4 is 34.3 Å². The van der Waals surface area contributed by atoms with Crippen LogP contribution in [0.15, 0.2) is 17.1 Å². The number of hydrogen-bond donors (Lipinski definition) is 2. The highest BCUT2D eigenvalue weighted by Crippen LogP contribution is 2.33. The predicted molar refractivity (Wildman–Crippen MR) is 69.9 cm³/mol. The summed E-state index contributed by atoms with van der Waals surface area (Å²) in [5, 5.41) is 2.87. The second-order valence-corrected chi connectivity index (χ2v) is 5.75. The first-order chi connectivity index (χ1) is 7.72. The van der Waals surface area contributed by atoms with E-state index < -0.39 is 0 Å². The molecular formula is C10H12ClN3S2. The number of thiophene rings is 1. The Morgan fingerprint density at radius 2 is 2.38 bits per heavy atom. The fraction of sp³-hybridized carbons (Fsp3) is 0.300. The van der Waals surface area contributed by atoms with Crippen LogP contribution in [0.2, 0.25) is 5.02 Å². The highest BCUT2D eigenvalue weighted by molar-refractivity contribution is 7.11. The van der Waals surface area contributed by atoms with Crippen LogP contribution in [-0.2, 0) is 6.42 Å². The van der Waals surface area contributed by atoms with E-state index in [-0.39, 0.29) is 6.04 Å². The van der Waals surface area contributed by atoms with Crippen molar-refractivity contribution in [3.8, 4) is 0 Å². The molecule has 0 saturated carbocycles. The van der Waals surface area contributed by atoms with Gasteiger partial charge in [0.2, 0.25) is 0 Å². The first-order valence-electron chi connectivity index (χ1n) is 4.79. The SMILES string of the molecule is Cc1csc(C(Cc2cncs2)NN)c1Cl. The summed E-state index contributed by atoms with van der Waals surface area (Å²) < 4.78 is 0. The largest absolute Gasteiger partial charge is 0.271 e. The van der Waals surface area contributed by atoms with Gasteiger partial charge < -0.3 is 0 Å². The molecule has 0 bridgehead atoms. The van der Waals surface area contributed by atoms with E-state index in [1.807, 2.05) is 18.6 Å². The zero-order valence-corrected chi connectivity index (χ0v) is 11.1. The van der Waals surface area contributed by atoms with Gasteiger partial charge in [-0.15, -0.1) is 22.7 Å². The number of nitrogens with zero attached hydrogens (tertiary/aromatic N) is 1. The Kier molecular flexibility index (Phi) is 3.94. The van der Waals surface area contributed by atoms with Crippen LogP contribution in [0.5, 0.6) is 0 Å². The Balaban J connectivity index is 2.20. The van der Waals surface area contributed by atoms with E-state index in [1.54, 1.807) is 22.7 Å². The van der Waals surface area contributed by atoms with Crippen LogP contribution in [0, 0.1) is 6.92 Å². The lowest BCUT2D eigenvalue weighted by atomic mass is 10.1. The molecule has 3 N–H and O–H groups in total. The van der Waals surface area contributed by atoms with Gasteiger partial charge in [0, 0.05) is 22.4 Å². The van der Waals surface area contributed by atoms with Gasteiger partial charge in [0.25, 0.3) is 0 Å². The molecule has 2 aromatic rings. The van der Waals surface area contributed by atoms with Gasteiger partial charge in [-0.1, -0.05) is 11.6 Å². The average Bonchev–Trinajstić information content (AvgIpc) is 2.88. The summed E-state index contributed by atoms with van der Waals surface area (Å²) in [6.07, 6.45) is 2.68. The minimum atomic E-state index is 0.0617. The number of hydrazine groups is 1. The minimum Gasteiger partial charge on any atom is -0.271 e. The van der Waals surface area contributed by atoms with Gasteiger partial charge in [-0.05, 0) is 17.9 Å². The molecule has 0 aliphatic carbocycles. The summed E-state index contributed by atoms with van der Waals surface area (Å²) in [5.74, 6) is 5.58. The van der Waals surface area contributed by atoms with Crippen molar-refractivity contribution in [2.75, 3.05) is 0 Å². The number of rotatable bonds is 4. The fourth-order valence-corrected chi connectivity index (χ4v) is 3.48. The third kappa shape index (κ3) is 2.44. The van der Waals surface area contributed by atoms with Crippen LogP contribution in [0.25, 0.3) is 0 Å². The number of hydrogen-bond acceptors (Lipinski definition) is 5. The molecule has 0 aliphatic heterocycles. The number of nitrogens with two attached hydrogens (primary N) is 1. The van der Waals surface area contributed by atoms with E-state index in [2.05, 4.69) is 15.8 Å². The van der Waals surface area contributed by atoms with E-state index in [4.69, 9.17) is 17.4 Å². The fourth-order valence-electron chi connectivity index (χ4n) is 1.46. The Morgan fingerprint density at radius 1 is 1.56 bits per heavy atom. The molecule has 0 aromatic carbocycles. The molecule has 3 nitrogen and oxygen atoms in total. The Hall–Kier alpha value is -0.460. The summed E-state index contributed by atoms with van der Waals surface area (Å²) in [4.78, 5) is 6.34. The van der Waals surface area contributed by atoms with E-state index >= 15 is 0 Å². The molecule has 0 aliphatic rings. The van der Waals surface area contributed by atoms with Crippen LogP contribution in [0.4, 0.5) is 0 Å². The molecule has 2 aromatic heterocycles. The number of halogens is 1. The van der Waals surface area contributed by atoms with Gasteiger partial charge in [0.15, 0.2) is 0 Å². The maximum absolute atomic E-state index is 6.23. The molecule has 0 fully saturated rings. The van der Waals surface area contributed by atoms with Crippen molar-refractivity contribution in [2.45, 2.75) is 19.4 Å². The van der Waals surface area contributed by atoms with Gasteiger partial charge in [0.1, 0.15) is 0 Å². The first kappa shape index (κ1) is 12.0. The Labute approximate surface area is 107 Å². The molecule has 6 heteroatoms. The van der Waals surface area contributed by atoms with Crippen molar-refractivity contribution in [1.82, 2.24) is 10.4 Å². The Morgan fingerprint density at radius 3 is 2.88 bits per heavy atom. The highest BCUT2D eigenvalue weighted by Gasteiger charge is 2.17. The molecule has 16 heavy (non-hydrogen) atoms. The summed E-state index contributed by atoms with van der Waals surface area (Å²) in [7, 11) is 0. The molecule has 86 valence electrons. The van der Waals surface area contributed by atoms with Crippen LogP contribution < -0.4 is 11.3 Å². The van der Waals surface area contributed by atoms with Crippen LogP contribution >= 0.6 is 34.3 Å². The molecule has 0 spiro atoms. The molecule has 0 saturated heterocycles. The van der Waals surface area contributed by atoms with E-state index in [0.717, 1.165) is 21.9 Å². The molecular weight excluding hydrogens is 262 g/mol. The third-order valence-electron chi connectivity index (χ3n) is 2.33. The second kappa shape index (κ2) is 5.25. The van der Waals surface area contributed by atoms with Crippen molar-refractivity contribution in [3.63, 3.8) is 0 Å². The van der Waals surface area contributed by atoms with Gasteiger partial charge >= 0.3 is 0 Å². The molecule has 0 radical (unpaired) electrons. The van der Waals surface area contributed by atoms with E-state index in [1.165, 1.54) is 4.88 Å². The molecule has 2 rings (SSSR count). The Bertz CT molecular complexity index is 453. The van der Waals surface area contributed by atoms with Crippen molar-refractivity contribution < 1.29 is 0 Å². The van der Waals surface area contributed by atoms with E-state index in [9.17, 15) is 0 Å². The maximum Gasteiger partial charge on any atom is 0.0794 e. The monoisotopic (exact) mass is 273 g/mol. The van der Waals surface area contributed by atoms with Crippen molar-refractivity contribution in [2.24, 2.45) is 5.84 Å². The number of nitrogens with one attached hydrogen (secondary N) is 1. The van der Waals surface area contributed by atoms with Gasteiger partial charge in [-0.25, -0.2) is 0 Å². The van der Waals surface area contributed by atoms with Gasteiger partial charge in [0.05, 0.1) is 16.6 Å². The van der Waals surface area contributed by atoms with Crippen LogP contribution in [-0.4, -0.2) is 4.98 Å². The normalized spacial score (nSPS) is 12.9. The summed E-state index contributed by atoms with van der Waals surface area (Å²) in [6.45, 7) is 2.00. The second-order valence-electron chi connectivity index (χ2n) is 3.49. The standard InChI is InChI=1S/C10H12ClN3S2/c1-6-4-15-10(9(6)11)8(14-12)2-7-3-13-5-16-7/h3-5,8,14H,2,12H2,1H3. The topological polar surface area (TPSA) is 50.9 Å². The van der Waals surface area contributed by atoms with Crippen LogP contribution in [0.3, 0.4) is 0 Å². The summed E-state index contributed by atoms with van der Waals surface area (Å²) >= 11 is 9.49. The highest BCUT2D eigenvalue weighted by atomic mass is 35.5. The third-order valence-corrected chi connectivity index (χ3v) is 4.96. The van der Waals surface area contributed by atoms with E-state index in [0.29, 0.717) is 0 Å². The number of aromatic nitrogens is 1. The quantitative estimate of drug-likeness (QED) is 0.665. The number of thiazole rings is 1. The smallest absolute Gasteiger partial charge is 0.0794 e. The number of aryl methyl sites for hydroxylation is 1. The lowest BCUT2D eigenvalue weighted by molar-refractivity contribution is 0.564. The molecule has 1 unspecified atom stereocenters. The average molecular weight is 274 g/mol. The van der Waals surface area contributed by atoms with Gasteiger partial charge in [-0.2, -0.15) is 0 Å². The molecule has 2 heterocycles. The molecule has 1 atom stereocenters. The summed E-state index contributed by atoms with van der Waals surface area (Å²) in [6, 6.07) is 0.0617. The van der Waals surface area contributed by atoms with Gasteiger partial charge in [-0.3, -0.25) is 16.3 Å².